The van der Waals surface area contributed by atoms with Crippen molar-refractivity contribution >= 4 is 23.5 Å². The minimum Gasteiger partial charge on any atom is -0.455 e. The molecule has 29 heavy (non-hydrogen) atoms. The molecule has 1 fully saturated rings. The van der Waals surface area contributed by atoms with Crippen LogP contribution in [0, 0.1) is 6.92 Å². The maximum Gasteiger partial charge on any atom is 0.310 e. The first-order valence-electron chi connectivity index (χ1n) is 9.92. The van der Waals surface area contributed by atoms with Gasteiger partial charge >= 0.3 is 5.97 Å². The molecule has 0 aromatic heterocycles. The van der Waals surface area contributed by atoms with E-state index in [-0.39, 0.29) is 18.4 Å². The molecule has 6 nitrogen and oxygen atoms in total. The second-order valence-electron chi connectivity index (χ2n) is 7.37. The molecule has 1 aliphatic rings. The molecule has 0 bridgehead atoms. The number of rotatable bonds is 7. The van der Waals surface area contributed by atoms with E-state index in [1.54, 1.807) is 24.3 Å². The van der Waals surface area contributed by atoms with Crippen LogP contribution in [0.2, 0.25) is 0 Å². The fourth-order valence-electron chi connectivity index (χ4n) is 3.38. The topological polar surface area (TPSA) is 84.5 Å². The van der Waals surface area contributed by atoms with Crippen LogP contribution in [0.3, 0.4) is 0 Å². The zero-order valence-electron chi connectivity index (χ0n) is 16.6. The number of anilines is 1. The van der Waals surface area contributed by atoms with E-state index in [1.807, 2.05) is 31.2 Å². The zero-order valence-corrected chi connectivity index (χ0v) is 16.6. The van der Waals surface area contributed by atoms with Crippen LogP contribution >= 0.6 is 0 Å². The van der Waals surface area contributed by atoms with Crippen molar-refractivity contribution in [3.63, 3.8) is 0 Å². The van der Waals surface area contributed by atoms with Crippen LogP contribution in [0.1, 0.15) is 47.2 Å². The third kappa shape index (κ3) is 6.17. The minimum absolute atomic E-state index is 0.105. The number of ether oxygens (including phenoxy) is 1. The Hall–Kier alpha value is -3.15. The van der Waals surface area contributed by atoms with E-state index in [4.69, 9.17) is 4.74 Å². The summed E-state index contributed by atoms with van der Waals surface area (Å²) in [5, 5.41) is 5.68. The van der Waals surface area contributed by atoms with Gasteiger partial charge < -0.3 is 15.4 Å². The van der Waals surface area contributed by atoms with E-state index >= 15 is 0 Å². The van der Waals surface area contributed by atoms with Crippen LogP contribution in [-0.2, 0) is 20.7 Å². The van der Waals surface area contributed by atoms with Gasteiger partial charge in [-0.2, -0.15) is 0 Å². The first kappa shape index (κ1) is 20.6. The van der Waals surface area contributed by atoms with Crippen LogP contribution < -0.4 is 10.6 Å². The SMILES string of the molecule is Cc1ccc(CC(=O)OCC(=O)Nc2ccccc2C(=O)NC2CCCC2)cc1. The number of nitrogens with one attached hydrogen (secondary N) is 2. The molecule has 0 heterocycles. The average molecular weight is 394 g/mol. The summed E-state index contributed by atoms with van der Waals surface area (Å²) in [6.45, 7) is 1.57. The van der Waals surface area contributed by atoms with Gasteiger partial charge in [0.05, 0.1) is 17.7 Å². The van der Waals surface area contributed by atoms with Crippen molar-refractivity contribution in [3.05, 3.63) is 65.2 Å². The van der Waals surface area contributed by atoms with Gasteiger partial charge in [-0.05, 0) is 37.5 Å². The highest BCUT2D eigenvalue weighted by Crippen LogP contribution is 2.20. The Balaban J connectivity index is 1.51. The minimum atomic E-state index is -0.483. The van der Waals surface area contributed by atoms with Crippen molar-refractivity contribution in [2.45, 2.75) is 45.1 Å². The number of hydrogen-bond acceptors (Lipinski definition) is 4. The van der Waals surface area contributed by atoms with Gasteiger partial charge in [0.2, 0.25) is 0 Å². The molecule has 2 amide bonds. The van der Waals surface area contributed by atoms with Crippen molar-refractivity contribution in [3.8, 4) is 0 Å². The predicted octanol–water partition coefficient (Wildman–Crippen LogP) is 3.39. The van der Waals surface area contributed by atoms with E-state index in [9.17, 15) is 14.4 Å². The highest BCUT2D eigenvalue weighted by atomic mass is 16.5. The van der Waals surface area contributed by atoms with Crippen molar-refractivity contribution in [2.24, 2.45) is 0 Å². The first-order chi connectivity index (χ1) is 14.0. The second kappa shape index (κ2) is 9.87. The highest BCUT2D eigenvalue weighted by Gasteiger charge is 2.20. The maximum absolute atomic E-state index is 12.5. The quantitative estimate of drug-likeness (QED) is 0.705. The molecule has 0 saturated heterocycles. The fourth-order valence-corrected chi connectivity index (χ4v) is 3.38. The predicted molar refractivity (Wildman–Crippen MR) is 111 cm³/mol. The Morgan fingerprint density at radius 3 is 2.41 bits per heavy atom. The van der Waals surface area contributed by atoms with Crippen molar-refractivity contribution in [2.75, 3.05) is 11.9 Å². The molecule has 152 valence electrons. The van der Waals surface area contributed by atoms with Gasteiger partial charge in [-0.3, -0.25) is 14.4 Å². The summed E-state index contributed by atoms with van der Waals surface area (Å²) >= 11 is 0. The number of aryl methyl sites for hydroxylation is 1. The van der Waals surface area contributed by atoms with Gasteiger partial charge in [0.25, 0.3) is 11.8 Å². The van der Waals surface area contributed by atoms with Gasteiger partial charge in [-0.15, -0.1) is 0 Å². The Kier molecular flexibility index (Phi) is 7.00. The summed E-state index contributed by atoms with van der Waals surface area (Å²) in [6, 6.07) is 14.6. The molecule has 0 radical (unpaired) electrons. The van der Waals surface area contributed by atoms with E-state index in [2.05, 4.69) is 10.6 Å². The number of para-hydroxylation sites is 1. The summed E-state index contributed by atoms with van der Waals surface area (Å²) in [5.74, 6) is -1.16. The van der Waals surface area contributed by atoms with E-state index in [0.29, 0.717) is 11.3 Å². The lowest BCUT2D eigenvalue weighted by Crippen LogP contribution is -2.33. The van der Waals surface area contributed by atoms with Gasteiger partial charge in [0.15, 0.2) is 6.61 Å². The summed E-state index contributed by atoms with van der Waals surface area (Å²) in [7, 11) is 0. The third-order valence-electron chi connectivity index (χ3n) is 4.97. The Morgan fingerprint density at radius 1 is 1.00 bits per heavy atom. The van der Waals surface area contributed by atoms with Crippen LogP contribution in [0.5, 0.6) is 0 Å². The van der Waals surface area contributed by atoms with Crippen LogP contribution in [0.4, 0.5) is 5.69 Å². The van der Waals surface area contributed by atoms with Crippen LogP contribution in [-0.4, -0.2) is 30.4 Å². The molecular weight excluding hydrogens is 368 g/mol. The molecule has 0 atom stereocenters. The van der Waals surface area contributed by atoms with Crippen molar-refractivity contribution in [1.29, 1.82) is 0 Å². The molecule has 2 aromatic rings. The van der Waals surface area contributed by atoms with Gasteiger partial charge in [-0.1, -0.05) is 54.8 Å². The maximum atomic E-state index is 12.5. The average Bonchev–Trinajstić information content (AvgIpc) is 3.21. The summed E-state index contributed by atoms with van der Waals surface area (Å²) in [5.41, 5.74) is 2.74. The monoisotopic (exact) mass is 394 g/mol. The molecule has 1 aliphatic carbocycles. The number of esters is 1. The third-order valence-corrected chi connectivity index (χ3v) is 4.97. The molecule has 2 N–H and O–H groups in total. The lowest BCUT2D eigenvalue weighted by Gasteiger charge is -2.15. The fraction of sp³-hybridized carbons (Fsp3) is 0.348. The standard InChI is InChI=1S/C23H26N2O4/c1-16-10-12-17(13-11-16)14-22(27)29-15-21(26)25-20-9-5-4-8-19(20)23(28)24-18-6-2-3-7-18/h4-5,8-13,18H,2-3,6-7,14-15H2,1H3,(H,24,28)(H,25,26). The van der Waals surface area contributed by atoms with Crippen molar-refractivity contribution < 1.29 is 19.1 Å². The number of amides is 2. The van der Waals surface area contributed by atoms with Crippen molar-refractivity contribution in [1.82, 2.24) is 5.32 Å². The number of carbonyl (C=O) groups excluding carboxylic acids is 3. The van der Waals surface area contributed by atoms with E-state index < -0.39 is 18.5 Å². The number of benzene rings is 2. The molecule has 0 spiro atoms. The molecular formula is C23H26N2O4. The smallest absolute Gasteiger partial charge is 0.310 e. The molecule has 0 unspecified atom stereocenters. The Morgan fingerprint density at radius 2 is 1.69 bits per heavy atom. The summed E-state index contributed by atoms with van der Waals surface area (Å²) < 4.78 is 5.07. The summed E-state index contributed by atoms with van der Waals surface area (Å²) in [6.07, 6.45) is 4.32. The lowest BCUT2D eigenvalue weighted by atomic mass is 10.1. The largest absolute Gasteiger partial charge is 0.455 e. The lowest BCUT2D eigenvalue weighted by molar-refractivity contribution is -0.146. The van der Waals surface area contributed by atoms with E-state index in [1.165, 1.54) is 0 Å². The van der Waals surface area contributed by atoms with Gasteiger partial charge in [0, 0.05) is 6.04 Å². The Bertz CT molecular complexity index is 871. The first-order valence-corrected chi connectivity index (χ1v) is 9.92. The van der Waals surface area contributed by atoms with Gasteiger partial charge in [0.1, 0.15) is 0 Å². The molecule has 3 rings (SSSR count). The van der Waals surface area contributed by atoms with Crippen LogP contribution in [0.15, 0.2) is 48.5 Å². The molecule has 6 heteroatoms. The van der Waals surface area contributed by atoms with Crippen LogP contribution in [0.25, 0.3) is 0 Å². The number of carbonyl (C=O) groups is 3. The zero-order chi connectivity index (χ0) is 20.6. The number of hydrogen-bond donors (Lipinski definition) is 2. The van der Waals surface area contributed by atoms with E-state index in [0.717, 1.165) is 36.8 Å². The molecule has 2 aromatic carbocycles. The normalized spacial score (nSPS) is 13.7. The molecule has 1 saturated carbocycles. The van der Waals surface area contributed by atoms with Gasteiger partial charge in [-0.25, -0.2) is 0 Å². The summed E-state index contributed by atoms with van der Waals surface area (Å²) in [4.78, 5) is 36.7. The molecule has 0 aliphatic heterocycles. The Labute approximate surface area is 170 Å². The highest BCUT2D eigenvalue weighted by molar-refractivity contribution is 6.04. The second-order valence-corrected chi connectivity index (χ2v) is 7.37.